The van der Waals surface area contributed by atoms with Crippen LogP contribution in [-0.2, 0) is 14.3 Å². The molecule has 21 heavy (non-hydrogen) atoms. The zero-order valence-corrected chi connectivity index (χ0v) is 14.1. The van der Waals surface area contributed by atoms with Gasteiger partial charge in [-0.05, 0) is 33.2 Å². The number of nitrogens with zero attached hydrogens (tertiary/aromatic N) is 1. The predicted molar refractivity (Wildman–Crippen MR) is 83.7 cm³/mol. The van der Waals surface area contributed by atoms with E-state index in [9.17, 15) is 9.90 Å². The molecule has 0 saturated carbocycles. The maximum Gasteiger partial charge on any atom is 0.323 e. The van der Waals surface area contributed by atoms with Gasteiger partial charge in [0.2, 0.25) is 0 Å². The van der Waals surface area contributed by atoms with Gasteiger partial charge in [-0.3, -0.25) is 9.69 Å². The highest BCUT2D eigenvalue weighted by Crippen LogP contribution is 2.17. The highest BCUT2D eigenvalue weighted by atomic mass is 16.5. The number of carboxylic acid groups (broad SMARTS) is 1. The van der Waals surface area contributed by atoms with Gasteiger partial charge < -0.3 is 19.9 Å². The standard InChI is InChI=1S/C15H32N2O4/c1-6-7-16-15(3,14(18)19)12-13(2)17(8-10-20-4)9-11-21-5/h13,16H,6-12H2,1-5H3,(H,18,19). The molecule has 0 rings (SSSR count). The molecule has 2 N–H and O–H groups in total. The quantitative estimate of drug-likeness (QED) is 0.533. The second kappa shape index (κ2) is 11.0. The van der Waals surface area contributed by atoms with E-state index in [2.05, 4.69) is 17.1 Å². The van der Waals surface area contributed by atoms with Crippen molar-refractivity contribution in [3.05, 3.63) is 0 Å². The topological polar surface area (TPSA) is 71.0 Å². The molecule has 0 saturated heterocycles. The molecule has 0 aromatic rings. The van der Waals surface area contributed by atoms with Gasteiger partial charge in [0.1, 0.15) is 5.54 Å². The van der Waals surface area contributed by atoms with Crippen LogP contribution in [-0.4, -0.2) is 74.6 Å². The third-order valence-electron chi connectivity index (χ3n) is 3.73. The lowest BCUT2D eigenvalue weighted by Crippen LogP contribution is -2.54. The summed E-state index contributed by atoms with van der Waals surface area (Å²) in [6.07, 6.45) is 1.45. The Morgan fingerprint density at radius 2 is 1.81 bits per heavy atom. The van der Waals surface area contributed by atoms with Crippen molar-refractivity contribution in [2.45, 2.75) is 45.2 Å². The molecule has 0 aromatic heterocycles. The van der Waals surface area contributed by atoms with E-state index in [-0.39, 0.29) is 6.04 Å². The summed E-state index contributed by atoms with van der Waals surface area (Å²) in [5, 5.41) is 12.7. The summed E-state index contributed by atoms with van der Waals surface area (Å²) in [5.74, 6) is -0.804. The summed E-state index contributed by atoms with van der Waals surface area (Å²) in [7, 11) is 3.34. The molecule has 0 spiro atoms. The number of nitrogens with one attached hydrogen (secondary N) is 1. The lowest BCUT2D eigenvalue weighted by Gasteiger charge is -2.35. The minimum atomic E-state index is -0.909. The summed E-state index contributed by atoms with van der Waals surface area (Å²) in [5.41, 5.74) is -0.909. The van der Waals surface area contributed by atoms with E-state index in [1.807, 2.05) is 6.92 Å². The first-order valence-electron chi connectivity index (χ1n) is 7.61. The molecule has 0 fully saturated rings. The molecule has 0 aliphatic carbocycles. The fraction of sp³-hybridized carbons (Fsp3) is 0.933. The maximum absolute atomic E-state index is 11.6. The molecule has 6 heteroatoms. The largest absolute Gasteiger partial charge is 0.480 e. The Hall–Kier alpha value is -0.690. The number of aliphatic carboxylic acids is 1. The van der Waals surface area contributed by atoms with E-state index in [0.717, 1.165) is 19.5 Å². The number of ether oxygens (including phenoxy) is 2. The highest BCUT2D eigenvalue weighted by molar-refractivity contribution is 5.78. The molecule has 0 aliphatic rings. The van der Waals surface area contributed by atoms with Crippen LogP contribution in [0.25, 0.3) is 0 Å². The van der Waals surface area contributed by atoms with Crippen LogP contribution in [0, 0.1) is 0 Å². The summed E-state index contributed by atoms with van der Waals surface area (Å²) in [6.45, 7) is 9.33. The lowest BCUT2D eigenvalue weighted by atomic mass is 9.92. The highest BCUT2D eigenvalue weighted by Gasteiger charge is 2.35. The van der Waals surface area contributed by atoms with Crippen LogP contribution >= 0.6 is 0 Å². The monoisotopic (exact) mass is 304 g/mol. The van der Waals surface area contributed by atoms with Crippen LogP contribution in [0.15, 0.2) is 0 Å². The van der Waals surface area contributed by atoms with Crippen LogP contribution in [0.5, 0.6) is 0 Å². The fourth-order valence-corrected chi connectivity index (χ4v) is 2.33. The van der Waals surface area contributed by atoms with E-state index in [4.69, 9.17) is 9.47 Å². The molecule has 2 atom stereocenters. The first-order chi connectivity index (χ1) is 9.91. The minimum absolute atomic E-state index is 0.126. The maximum atomic E-state index is 11.6. The molecule has 0 aliphatic heterocycles. The minimum Gasteiger partial charge on any atom is -0.480 e. The molecule has 6 nitrogen and oxygen atoms in total. The van der Waals surface area contributed by atoms with Crippen molar-refractivity contribution in [3.63, 3.8) is 0 Å². The van der Waals surface area contributed by atoms with Gasteiger partial charge in [0.25, 0.3) is 0 Å². The van der Waals surface area contributed by atoms with Crippen LogP contribution in [0.1, 0.15) is 33.6 Å². The number of rotatable bonds is 13. The Labute approximate surface area is 128 Å². The van der Waals surface area contributed by atoms with Crippen molar-refractivity contribution in [1.82, 2.24) is 10.2 Å². The van der Waals surface area contributed by atoms with Crippen molar-refractivity contribution in [2.75, 3.05) is 47.1 Å². The Bertz CT molecular complexity index is 281. The fourth-order valence-electron chi connectivity index (χ4n) is 2.33. The summed E-state index contributed by atoms with van der Waals surface area (Å²) >= 11 is 0. The lowest BCUT2D eigenvalue weighted by molar-refractivity contribution is -0.145. The third kappa shape index (κ3) is 7.76. The van der Waals surface area contributed by atoms with Gasteiger partial charge in [-0.1, -0.05) is 6.92 Å². The molecule has 0 radical (unpaired) electrons. The molecule has 0 amide bonds. The van der Waals surface area contributed by atoms with Gasteiger partial charge in [-0.15, -0.1) is 0 Å². The van der Waals surface area contributed by atoms with E-state index in [1.54, 1.807) is 21.1 Å². The van der Waals surface area contributed by atoms with Gasteiger partial charge in [0.15, 0.2) is 0 Å². The van der Waals surface area contributed by atoms with E-state index < -0.39 is 11.5 Å². The van der Waals surface area contributed by atoms with Gasteiger partial charge >= 0.3 is 5.97 Å². The number of hydrogen-bond acceptors (Lipinski definition) is 5. The summed E-state index contributed by atoms with van der Waals surface area (Å²) in [6, 6.07) is 0.126. The van der Waals surface area contributed by atoms with E-state index >= 15 is 0 Å². The Balaban J connectivity index is 4.71. The molecule has 126 valence electrons. The van der Waals surface area contributed by atoms with Crippen molar-refractivity contribution < 1.29 is 19.4 Å². The van der Waals surface area contributed by atoms with Crippen LogP contribution in [0.4, 0.5) is 0 Å². The van der Waals surface area contributed by atoms with Crippen molar-refractivity contribution in [1.29, 1.82) is 0 Å². The zero-order chi connectivity index (χ0) is 16.3. The molecule has 0 aromatic carbocycles. The Morgan fingerprint density at radius 1 is 1.29 bits per heavy atom. The molecule has 2 unspecified atom stereocenters. The SMILES string of the molecule is CCCNC(C)(CC(C)N(CCOC)CCOC)C(=O)O. The van der Waals surface area contributed by atoms with Gasteiger partial charge in [-0.25, -0.2) is 0 Å². The third-order valence-corrected chi connectivity index (χ3v) is 3.73. The molecular weight excluding hydrogens is 272 g/mol. The Morgan fingerprint density at radius 3 is 2.19 bits per heavy atom. The number of hydrogen-bond donors (Lipinski definition) is 2. The molecule has 0 bridgehead atoms. The van der Waals surface area contributed by atoms with Crippen LogP contribution in [0.3, 0.4) is 0 Å². The average molecular weight is 304 g/mol. The van der Waals surface area contributed by atoms with E-state index in [1.165, 1.54) is 0 Å². The van der Waals surface area contributed by atoms with Crippen molar-refractivity contribution in [3.8, 4) is 0 Å². The number of methoxy groups -OCH3 is 2. The normalized spacial score (nSPS) is 15.9. The predicted octanol–water partition coefficient (Wildman–Crippen LogP) is 1.20. The van der Waals surface area contributed by atoms with Crippen molar-refractivity contribution in [2.24, 2.45) is 0 Å². The molecular formula is C15H32N2O4. The summed E-state index contributed by atoms with van der Waals surface area (Å²) in [4.78, 5) is 13.8. The first kappa shape index (κ1) is 20.3. The van der Waals surface area contributed by atoms with Crippen molar-refractivity contribution >= 4 is 5.97 Å². The van der Waals surface area contributed by atoms with Gasteiger partial charge in [0, 0.05) is 33.4 Å². The Kier molecular flexibility index (Phi) is 10.6. The second-order valence-electron chi connectivity index (χ2n) is 5.64. The second-order valence-corrected chi connectivity index (χ2v) is 5.64. The van der Waals surface area contributed by atoms with Gasteiger partial charge in [-0.2, -0.15) is 0 Å². The van der Waals surface area contributed by atoms with Crippen LogP contribution in [0.2, 0.25) is 0 Å². The summed E-state index contributed by atoms with van der Waals surface area (Å²) < 4.78 is 10.3. The number of carbonyl (C=O) groups is 1. The zero-order valence-electron chi connectivity index (χ0n) is 14.1. The van der Waals surface area contributed by atoms with Crippen LogP contribution < -0.4 is 5.32 Å². The first-order valence-corrected chi connectivity index (χ1v) is 7.61. The smallest absolute Gasteiger partial charge is 0.323 e. The average Bonchev–Trinajstić information content (AvgIpc) is 2.45. The van der Waals surface area contributed by atoms with E-state index in [0.29, 0.717) is 26.2 Å². The van der Waals surface area contributed by atoms with Gasteiger partial charge in [0.05, 0.1) is 13.2 Å². The number of carboxylic acids is 1. The molecule has 0 heterocycles.